The molecule has 1 aliphatic rings. The number of ketones is 1. The van der Waals surface area contributed by atoms with Gasteiger partial charge in [-0.15, -0.1) is 0 Å². The van der Waals surface area contributed by atoms with Crippen LogP contribution in [0.4, 0.5) is 4.39 Å². The Bertz CT molecular complexity index is 824. The molecule has 3 nitrogen and oxygen atoms in total. The van der Waals surface area contributed by atoms with Gasteiger partial charge >= 0.3 is 0 Å². The highest BCUT2D eigenvalue weighted by atomic mass is 19.1. The maximum absolute atomic E-state index is 13.6. The fourth-order valence-corrected chi connectivity index (χ4v) is 3.09. The Balaban J connectivity index is 2.05. The lowest BCUT2D eigenvalue weighted by atomic mass is 9.85. The number of allylic oxidation sites excluding steroid dienone is 1. The second-order valence-electron chi connectivity index (χ2n) is 6.61. The molecule has 0 radical (unpaired) electrons. The van der Waals surface area contributed by atoms with Crippen molar-refractivity contribution < 1.29 is 13.9 Å². The van der Waals surface area contributed by atoms with E-state index in [4.69, 9.17) is 4.74 Å². The molecule has 0 aromatic heterocycles. The lowest BCUT2D eigenvalue weighted by Gasteiger charge is -2.35. The predicted molar refractivity (Wildman–Crippen MR) is 92.6 cm³/mol. The van der Waals surface area contributed by atoms with E-state index in [-0.39, 0.29) is 17.1 Å². The van der Waals surface area contributed by atoms with Gasteiger partial charge in [-0.25, -0.2) is 4.39 Å². The molecule has 3 rings (SSSR count). The van der Waals surface area contributed by atoms with E-state index in [0.29, 0.717) is 23.4 Å². The van der Waals surface area contributed by atoms with E-state index >= 15 is 0 Å². The largest absolute Gasteiger partial charge is 0.496 e. The molecule has 1 N–H and O–H groups in total. The van der Waals surface area contributed by atoms with E-state index in [2.05, 4.69) is 5.32 Å². The molecule has 1 heterocycles. The second-order valence-corrected chi connectivity index (χ2v) is 6.61. The van der Waals surface area contributed by atoms with Crippen molar-refractivity contribution in [3.63, 3.8) is 0 Å². The number of rotatable bonds is 3. The zero-order valence-electron chi connectivity index (χ0n) is 14.0. The molecule has 0 saturated heterocycles. The van der Waals surface area contributed by atoms with Crippen molar-refractivity contribution in [1.29, 1.82) is 0 Å². The van der Waals surface area contributed by atoms with Crippen molar-refractivity contribution in [2.24, 2.45) is 0 Å². The molecule has 0 aliphatic carbocycles. The molecule has 1 aliphatic heterocycles. The highest BCUT2D eigenvalue weighted by Gasteiger charge is 2.28. The summed E-state index contributed by atoms with van der Waals surface area (Å²) in [6.45, 7) is 4.06. The number of methoxy groups -OCH3 is 1. The van der Waals surface area contributed by atoms with Gasteiger partial charge in [0.15, 0.2) is 5.78 Å². The molecular weight excluding hydrogens is 305 g/mol. The van der Waals surface area contributed by atoms with Gasteiger partial charge in [0, 0.05) is 22.9 Å². The van der Waals surface area contributed by atoms with Crippen LogP contribution in [0.25, 0.3) is 5.70 Å². The third kappa shape index (κ3) is 3.18. The highest BCUT2D eigenvalue weighted by molar-refractivity contribution is 6.10. The minimum atomic E-state index is -0.262. The van der Waals surface area contributed by atoms with Gasteiger partial charge in [-0.3, -0.25) is 4.79 Å². The van der Waals surface area contributed by atoms with Crippen molar-refractivity contribution in [2.45, 2.75) is 25.8 Å². The van der Waals surface area contributed by atoms with Crippen LogP contribution in [0.5, 0.6) is 5.75 Å². The van der Waals surface area contributed by atoms with Crippen molar-refractivity contribution in [3.05, 3.63) is 71.0 Å². The molecule has 0 fully saturated rings. The number of nitrogens with one attached hydrogen (secondary N) is 1. The molecule has 24 heavy (non-hydrogen) atoms. The number of hydrogen-bond donors (Lipinski definition) is 1. The number of para-hydroxylation sites is 1. The number of benzene rings is 2. The SMILES string of the molecule is COc1ccccc1C(=O)C=C1NC(C)(C)Cc2cc(F)ccc21. The summed E-state index contributed by atoms with van der Waals surface area (Å²) in [5.74, 6) is 0.124. The molecule has 124 valence electrons. The third-order valence-electron chi connectivity index (χ3n) is 4.11. The molecule has 0 unspecified atom stereocenters. The maximum Gasteiger partial charge on any atom is 0.191 e. The average molecular weight is 325 g/mol. The molecule has 0 bridgehead atoms. The van der Waals surface area contributed by atoms with Crippen molar-refractivity contribution in [1.82, 2.24) is 5.32 Å². The van der Waals surface area contributed by atoms with Gasteiger partial charge < -0.3 is 10.1 Å². The summed E-state index contributed by atoms with van der Waals surface area (Å²) >= 11 is 0. The standard InChI is InChI=1S/C20H20FNO2/c1-20(2)12-13-10-14(21)8-9-15(13)17(22-20)11-18(23)16-6-4-5-7-19(16)24-3/h4-11,22H,12H2,1-3H3. The summed E-state index contributed by atoms with van der Waals surface area (Å²) in [7, 11) is 1.54. The zero-order valence-corrected chi connectivity index (χ0v) is 14.0. The summed E-state index contributed by atoms with van der Waals surface area (Å²) in [5, 5.41) is 3.38. The van der Waals surface area contributed by atoms with Gasteiger partial charge in [-0.2, -0.15) is 0 Å². The molecule has 0 atom stereocenters. The molecule has 2 aromatic rings. The Hall–Kier alpha value is -2.62. The van der Waals surface area contributed by atoms with Crippen molar-refractivity contribution in [2.75, 3.05) is 7.11 Å². The highest BCUT2D eigenvalue weighted by Crippen LogP contribution is 2.31. The monoisotopic (exact) mass is 325 g/mol. The Kier molecular flexibility index (Phi) is 4.14. The van der Waals surface area contributed by atoms with Crippen molar-refractivity contribution in [3.8, 4) is 5.75 Å². The Morgan fingerprint density at radius 2 is 2.00 bits per heavy atom. The zero-order chi connectivity index (χ0) is 17.3. The van der Waals surface area contributed by atoms with E-state index in [0.717, 1.165) is 11.1 Å². The van der Waals surface area contributed by atoms with Gasteiger partial charge in [0.2, 0.25) is 0 Å². The summed E-state index contributed by atoms with van der Waals surface area (Å²) in [6.07, 6.45) is 2.26. The van der Waals surface area contributed by atoms with E-state index < -0.39 is 0 Å². The fourth-order valence-electron chi connectivity index (χ4n) is 3.09. The molecule has 0 spiro atoms. The van der Waals surface area contributed by atoms with Crippen LogP contribution in [0.2, 0.25) is 0 Å². The van der Waals surface area contributed by atoms with Crippen LogP contribution < -0.4 is 10.1 Å². The molecular formula is C20H20FNO2. The van der Waals surface area contributed by atoms with Crippen LogP contribution in [-0.4, -0.2) is 18.4 Å². The summed E-state index contributed by atoms with van der Waals surface area (Å²) in [5.41, 5.74) is 2.71. The summed E-state index contributed by atoms with van der Waals surface area (Å²) in [6, 6.07) is 11.8. The van der Waals surface area contributed by atoms with Crippen LogP contribution >= 0.6 is 0 Å². The van der Waals surface area contributed by atoms with Crippen LogP contribution in [0.3, 0.4) is 0 Å². The van der Waals surface area contributed by atoms with Crippen molar-refractivity contribution >= 4 is 11.5 Å². The Morgan fingerprint density at radius 1 is 1.25 bits per heavy atom. The topological polar surface area (TPSA) is 38.3 Å². The van der Waals surface area contributed by atoms with Crippen LogP contribution in [0, 0.1) is 5.82 Å². The van der Waals surface area contributed by atoms with E-state index in [1.807, 2.05) is 19.9 Å². The molecule has 2 aromatic carbocycles. The average Bonchev–Trinajstić information content (AvgIpc) is 2.53. The first-order chi connectivity index (χ1) is 11.4. The van der Waals surface area contributed by atoms with E-state index in [1.54, 1.807) is 43.5 Å². The molecule has 0 saturated carbocycles. The minimum absolute atomic E-state index is 0.150. The normalized spacial score (nSPS) is 17.1. The smallest absolute Gasteiger partial charge is 0.191 e. The second kappa shape index (κ2) is 6.11. The van der Waals surface area contributed by atoms with Crippen LogP contribution in [0.15, 0.2) is 48.5 Å². The quantitative estimate of drug-likeness (QED) is 0.685. The van der Waals surface area contributed by atoms with E-state index in [1.165, 1.54) is 6.07 Å². The minimum Gasteiger partial charge on any atom is -0.496 e. The first kappa shape index (κ1) is 16.2. The van der Waals surface area contributed by atoms with Gasteiger partial charge in [0.25, 0.3) is 0 Å². The fraction of sp³-hybridized carbons (Fsp3) is 0.250. The Morgan fingerprint density at radius 3 is 2.75 bits per heavy atom. The number of carbonyl (C=O) groups is 1. The van der Waals surface area contributed by atoms with Crippen LogP contribution in [0.1, 0.15) is 35.3 Å². The van der Waals surface area contributed by atoms with Crippen LogP contribution in [-0.2, 0) is 6.42 Å². The van der Waals surface area contributed by atoms with Gasteiger partial charge in [0.05, 0.1) is 12.7 Å². The summed E-state index contributed by atoms with van der Waals surface area (Å²) in [4.78, 5) is 12.7. The summed E-state index contributed by atoms with van der Waals surface area (Å²) < 4.78 is 18.8. The van der Waals surface area contributed by atoms with Gasteiger partial charge in [-0.1, -0.05) is 12.1 Å². The Labute approximate surface area is 141 Å². The first-order valence-electron chi connectivity index (χ1n) is 7.86. The number of ether oxygens (including phenoxy) is 1. The number of carbonyl (C=O) groups excluding carboxylic acids is 1. The predicted octanol–water partition coefficient (Wildman–Crippen LogP) is 3.98. The molecule has 0 amide bonds. The number of hydrogen-bond acceptors (Lipinski definition) is 3. The number of fused-ring (bicyclic) bond motifs is 1. The number of halogens is 1. The lowest BCUT2D eigenvalue weighted by molar-refractivity contribution is 0.104. The third-order valence-corrected chi connectivity index (χ3v) is 4.11. The van der Waals surface area contributed by atoms with Gasteiger partial charge in [-0.05, 0) is 56.2 Å². The van der Waals surface area contributed by atoms with Gasteiger partial charge in [0.1, 0.15) is 11.6 Å². The molecule has 4 heteroatoms. The lowest BCUT2D eigenvalue weighted by Crippen LogP contribution is -2.43. The first-order valence-corrected chi connectivity index (χ1v) is 7.86. The maximum atomic E-state index is 13.6. The van der Waals surface area contributed by atoms with E-state index in [9.17, 15) is 9.18 Å².